The lowest BCUT2D eigenvalue weighted by molar-refractivity contribution is 0.572. The molecule has 3 heterocycles. The fourth-order valence-electron chi connectivity index (χ4n) is 4.27. The summed E-state index contributed by atoms with van der Waals surface area (Å²) in [6.45, 7) is 2.59. The molecular formula is C24H21ClN4O4S. The molecule has 0 saturated carbocycles. The van der Waals surface area contributed by atoms with Crippen LogP contribution >= 0.6 is 11.6 Å². The van der Waals surface area contributed by atoms with Crippen molar-refractivity contribution in [1.82, 2.24) is 14.8 Å². The molecule has 4 aromatic rings. The van der Waals surface area contributed by atoms with E-state index in [0.29, 0.717) is 30.1 Å². The number of fused-ring (bicyclic) bond motifs is 1. The zero-order valence-corrected chi connectivity index (χ0v) is 20.1. The van der Waals surface area contributed by atoms with Crippen LogP contribution < -0.4 is 10.9 Å². The standard InChI is InChI=1S/C24H21ClN4O4S/c1-14-9-15(19-12-26-13-33-19)11-16(10-14)21-17-5-4-8-27-22(17)24(30)29(28-21)23-18(25)6-3-7-20(23)34(2,31)32/h3,6-7,9-13,27H,4-5,8H2,1-2H3. The van der Waals surface area contributed by atoms with Gasteiger partial charge in [-0.1, -0.05) is 17.7 Å². The van der Waals surface area contributed by atoms with Gasteiger partial charge in [0.25, 0.3) is 5.56 Å². The third-order valence-corrected chi connectivity index (χ3v) is 7.16. The summed E-state index contributed by atoms with van der Waals surface area (Å²) in [5.74, 6) is 0.607. The fourth-order valence-corrected chi connectivity index (χ4v) is 5.45. The Morgan fingerprint density at radius 1 is 1.18 bits per heavy atom. The van der Waals surface area contributed by atoms with Crippen molar-refractivity contribution in [2.45, 2.75) is 24.7 Å². The summed E-state index contributed by atoms with van der Waals surface area (Å²) < 4.78 is 31.6. The summed E-state index contributed by atoms with van der Waals surface area (Å²) in [6, 6.07) is 10.4. The molecule has 0 fully saturated rings. The molecule has 5 rings (SSSR count). The molecule has 2 aromatic carbocycles. The van der Waals surface area contributed by atoms with E-state index in [1.165, 1.54) is 18.5 Å². The van der Waals surface area contributed by atoms with Gasteiger partial charge in [0.2, 0.25) is 0 Å². The minimum Gasteiger partial charge on any atom is -0.444 e. The van der Waals surface area contributed by atoms with Gasteiger partial charge in [-0.25, -0.2) is 13.4 Å². The van der Waals surface area contributed by atoms with Crippen LogP contribution in [0.15, 0.2) is 63.1 Å². The molecule has 8 nitrogen and oxygen atoms in total. The number of rotatable bonds is 4. The predicted octanol–water partition coefficient (Wildman–Crippen LogP) is 4.28. The summed E-state index contributed by atoms with van der Waals surface area (Å²) in [5.41, 5.74) is 3.91. The molecule has 34 heavy (non-hydrogen) atoms. The lowest BCUT2D eigenvalue weighted by atomic mass is 9.96. The zero-order chi connectivity index (χ0) is 24.0. The second-order valence-corrected chi connectivity index (χ2v) is 10.7. The molecule has 0 aliphatic carbocycles. The number of nitrogens with zero attached hydrogens (tertiary/aromatic N) is 3. The maximum absolute atomic E-state index is 13.5. The summed E-state index contributed by atoms with van der Waals surface area (Å²) in [6.07, 6.45) is 5.58. The molecule has 10 heteroatoms. The number of para-hydroxylation sites is 1. The highest BCUT2D eigenvalue weighted by Gasteiger charge is 2.26. The van der Waals surface area contributed by atoms with Crippen LogP contribution in [0, 0.1) is 6.92 Å². The van der Waals surface area contributed by atoms with E-state index in [0.717, 1.165) is 39.6 Å². The quantitative estimate of drug-likeness (QED) is 0.449. The number of hydrogen-bond donors (Lipinski definition) is 1. The van der Waals surface area contributed by atoms with E-state index < -0.39 is 15.4 Å². The Hall–Kier alpha value is -3.43. The maximum Gasteiger partial charge on any atom is 0.295 e. The number of aromatic nitrogens is 3. The van der Waals surface area contributed by atoms with Crippen molar-refractivity contribution in [2.75, 3.05) is 18.1 Å². The molecule has 1 aliphatic rings. The molecule has 1 aliphatic heterocycles. The van der Waals surface area contributed by atoms with Gasteiger partial charge in [-0.2, -0.15) is 9.78 Å². The monoisotopic (exact) mass is 496 g/mol. The number of aryl methyl sites for hydroxylation is 1. The van der Waals surface area contributed by atoms with Gasteiger partial charge >= 0.3 is 0 Å². The number of nitrogens with one attached hydrogen (secondary N) is 1. The average Bonchev–Trinajstić information content (AvgIpc) is 3.34. The maximum atomic E-state index is 13.5. The van der Waals surface area contributed by atoms with Crippen molar-refractivity contribution in [3.05, 3.63) is 75.5 Å². The molecule has 0 bridgehead atoms. The first-order valence-corrected chi connectivity index (χ1v) is 12.9. The average molecular weight is 497 g/mol. The van der Waals surface area contributed by atoms with Crippen LogP contribution in [-0.4, -0.2) is 36.0 Å². The van der Waals surface area contributed by atoms with E-state index >= 15 is 0 Å². The van der Waals surface area contributed by atoms with Gasteiger partial charge in [0, 0.05) is 29.5 Å². The summed E-state index contributed by atoms with van der Waals surface area (Å²) >= 11 is 6.44. The first-order chi connectivity index (χ1) is 16.2. The third-order valence-electron chi connectivity index (χ3n) is 5.73. The van der Waals surface area contributed by atoms with Crippen molar-refractivity contribution in [1.29, 1.82) is 0 Å². The van der Waals surface area contributed by atoms with Gasteiger partial charge in [0.1, 0.15) is 11.4 Å². The number of hydrogen-bond acceptors (Lipinski definition) is 7. The fraction of sp³-hybridized carbons (Fsp3) is 0.208. The molecular weight excluding hydrogens is 476 g/mol. The van der Waals surface area contributed by atoms with E-state index in [1.807, 2.05) is 25.1 Å². The van der Waals surface area contributed by atoms with Crippen LogP contribution in [-0.2, 0) is 16.3 Å². The zero-order valence-electron chi connectivity index (χ0n) is 18.5. The Labute approximate surface area is 201 Å². The third kappa shape index (κ3) is 3.91. The molecule has 0 spiro atoms. The Bertz CT molecular complexity index is 1580. The summed E-state index contributed by atoms with van der Waals surface area (Å²) in [4.78, 5) is 17.4. The first kappa shape index (κ1) is 22.4. The van der Waals surface area contributed by atoms with Crippen LogP contribution in [0.3, 0.4) is 0 Å². The topological polar surface area (TPSA) is 107 Å². The molecule has 0 radical (unpaired) electrons. The van der Waals surface area contributed by atoms with Gasteiger partial charge in [-0.3, -0.25) is 4.79 Å². The van der Waals surface area contributed by atoms with E-state index in [1.54, 1.807) is 12.3 Å². The Balaban J connectivity index is 1.83. The van der Waals surface area contributed by atoms with Gasteiger partial charge < -0.3 is 9.73 Å². The lowest BCUT2D eigenvalue weighted by Crippen LogP contribution is -2.31. The van der Waals surface area contributed by atoms with Crippen LogP contribution in [0.25, 0.3) is 28.3 Å². The molecule has 0 saturated heterocycles. The number of sulfone groups is 1. The molecule has 1 N–H and O–H groups in total. The SMILES string of the molecule is Cc1cc(-c2cnco2)cc(-c2nn(-c3c(Cl)cccc3S(C)(=O)=O)c(=O)c3c2CCCN3)c1. The molecule has 2 aromatic heterocycles. The second-order valence-electron chi connectivity index (χ2n) is 8.26. The van der Waals surface area contributed by atoms with Gasteiger partial charge in [0.05, 0.1) is 21.8 Å². The van der Waals surface area contributed by atoms with E-state index in [4.69, 9.17) is 21.1 Å². The highest BCUT2D eigenvalue weighted by atomic mass is 35.5. The Morgan fingerprint density at radius 2 is 1.97 bits per heavy atom. The van der Waals surface area contributed by atoms with Crippen molar-refractivity contribution >= 4 is 27.1 Å². The van der Waals surface area contributed by atoms with Crippen LogP contribution in [0.2, 0.25) is 5.02 Å². The minimum atomic E-state index is -3.69. The molecule has 0 amide bonds. The van der Waals surface area contributed by atoms with Crippen LogP contribution in [0.5, 0.6) is 0 Å². The van der Waals surface area contributed by atoms with Gasteiger partial charge in [0.15, 0.2) is 22.0 Å². The van der Waals surface area contributed by atoms with Gasteiger partial charge in [-0.15, -0.1) is 0 Å². The molecule has 0 unspecified atom stereocenters. The highest BCUT2D eigenvalue weighted by molar-refractivity contribution is 7.90. The highest BCUT2D eigenvalue weighted by Crippen LogP contribution is 2.34. The lowest BCUT2D eigenvalue weighted by Gasteiger charge is -2.23. The number of benzene rings is 2. The number of halogens is 1. The molecule has 174 valence electrons. The van der Waals surface area contributed by atoms with Crippen LogP contribution in [0.4, 0.5) is 5.69 Å². The van der Waals surface area contributed by atoms with E-state index in [2.05, 4.69) is 10.3 Å². The smallest absolute Gasteiger partial charge is 0.295 e. The summed E-state index contributed by atoms with van der Waals surface area (Å²) in [7, 11) is -3.69. The first-order valence-electron chi connectivity index (χ1n) is 10.6. The largest absolute Gasteiger partial charge is 0.444 e. The minimum absolute atomic E-state index is 0.0381. The van der Waals surface area contributed by atoms with Crippen molar-refractivity contribution < 1.29 is 12.8 Å². The predicted molar refractivity (Wildman–Crippen MR) is 130 cm³/mol. The van der Waals surface area contributed by atoms with Crippen molar-refractivity contribution in [2.24, 2.45) is 0 Å². The van der Waals surface area contributed by atoms with Gasteiger partial charge in [-0.05, 0) is 55.7 Å². The van der Waals surface area contributed by atoms with E-state index in [9.17, 15) is 13.2 Å². The van der Waals surface area contributed by atoms with Crippen molar-refractivity contribution in [3.63, 3.8) is 0 Å². The van der Waals surface area contributed by atoms with E-state index in [-0.39, 0.29) is 15.6 Å². The Kier molecular flexibility index (Phi) is 5.53. The molecule has 0 atom stereocenters. The number of oxazole rings is 1. The van der Waals surface area contributed by atoms with Crippen LogP contribution in [0.1, 0.15) is 17.5 Å². The normalized spacial score (nSPS) is 13.4. The van der Waals surface area contributed by atoms with Crippen molar-refractivity contribution in [3.8, 4) is 28.3 Å². The number of anilines is 1. The second kappa shape index (κ2) is 8.41. The summed E-state index contributed by atoms with van der Waals surface area (Å²) in [5, 5.41) is 8.00. The Morgan fingerprint density at radius 3 is 2.71 bits per heavy atom.